The Morgan fingerprint density at radius 2 is 1.81 bits per heavy atom. The SMILES string of the molecule is CCCCOc1ccc(-c2nnc(SCc3ccccc3C)n2C)cc1. The Balaban J connectivity index is 1.67. The largest absolute Gasteiger partial charge is 0.494 e. The zero-order valence-electron chi connectivity index (χ0n) is 15.6. The van der Waals surface area contributed by atoms with Crippen molar-refractivity contribution >= 4 is 11.8 Å². The third kappa shape index (κ3) is 4.47. The third-order valence-corrected chi connectivity index (χ3v) is 5.40. The van der Waals surface area contributed by atoms with Gasteiger partial charge in [0.1, 0.15) is 5.75 Å². The summed E-state index contributed by atoms with van der Waals surface area (Å²) in [5, 5.41) is 9.66. The molecule has 0 fully saturated rings. The number of aromatic nitrogens is 3. The smallest absolute Gasteiger partial charge is 0.191 e. The molecule has 0 aliphatic rings. The minimum Gasteiger partial charge on any atom is -0.494 e. The van der Waals surface area contributed by atoms with Crippen LogP contribution in [-0.4, -0.2) is 21.4 Å². The number of benzene rings is 2. The van der Waals surface area contributed by atoms with Crippen molar-refractivity contribution in [1.82, 2.24) is 14.8 Å². The maximum Gasteiger partial charge on any atom is 0.191 e. The highest BCUT2D eigenvalue weighted by Gasteiger charge is 2.12. The van der Waals surface area contributed by atoms with Crippen LogP contribution >= 0.6 is 11.8 Å². The van der Waals surface area contributed by atoms with E-state index in [0.717, 1.165) is 47.5 Å². The van der Waals surface area contributed by atoms with Gasteiger partial charge in [-0.15, -0.1) is 10.2 Å². The summed E-state index contributed by atoms with van der Waals surface area (Å²) in [6.45, 7) is 5.07. The van der Waals surface area contributed by atoms with Crippen LogP contribution in [0.15, 0.2) is 53.7 Å². The molecular weight excluding hydrogens is 342 g/mol. The summed E-state index contributed by atoms with van der Waals surface area (Å²) in [7, 11) is 2.02. The summed E-state index contributed by atoms with van der Waals surface area (Å²) in [5.74, 6) is 2.67. The molecule has 1 heterocycles. The second-order valence-electron chi connectivity index (χ2n) is 6.31. The van der Waals surface area contributed by atoms with Gasteiger partial charge in [0.05, 0.1) is 6.61 Å². The number of unbranched alkanes of at least 4 members (excludes halogenated alkanes) is 1. The van der Waals surface area contributed by atoms with Gasteiger partial charge >= 0.3 is 0 Å². The summed E-state index contributed by atoms with van der Waals surface area (Å²) in [6.07, 6.45) is 2.21. The van der Waals surface area contributed by atoms with Gasteiger partial charge in [-0.25, -0.2) is 0 Å². The highest BCUT2D eigenvalue weighted by atomic mass is 32.2. The molecule has 1 aromatic heterocycles. The van der Waals surface area contributed by atoms with Crippen LogP contribution in [0.25, 0.3) is 11.4 Å². The van der Waals surface area contributed by atoms with E-state index in [-0.39, 0.29) is 0 Å². The highest BCUT2D eigenvalue weighted by Crippen LogP contribution is 2.27. The fourth-order valence-corrected chi connectivity index (χ4v) is 3.63. The van der Waals surface area contributed by atoms with Crippen LogP contribution in [0.4, 0.5) is 0 Å². The number of nitrogens with zero attached hydrogens (tertiary/aromatic N) is 3. The van der Waals surface area contributed by atoms with Gasteiger partial charge in [-0.2, -0.15) is 0 Å². The molecule has 0 N–H and O–H groups in total. The molecule has 0 aliphatic carbocycles. The molecule has 0 saturated carbocycles. The number of aryl methyl sites for hydroxylation is 1. The summed E-state index contributed by atoms with van der Waals surface area (Å²) in [5.41, 5.74) is 3.68. The van der Waals surface area contributed by atoms with Gasteiger partial charge in [-0.1, -0.05) is 49.4 Å². The quantitative estimate of drug-likeness (QED) is 0.402. The number of rotatable bonds is 8. The fraction of sp³-hybridized carbons (Fsp3) is 0.333. The van der Waals surface area contributed by atoms with Crippen molar-refractivity contribution in [2.24, 2.45) is 7.05 Å². The average molecular weight is 368 g/mol. The third-order valence-electron chi connectivity index (χ3n) is 4.33. The molecule has 0 spiro atoms. The molecule has 3 aromatic rings. The molecule has 0 bridgehead atoms. The average Bonchev–Trinajstić information content (AvgIpc) is 3.02. The van der Waals surface area contributed by atoms with E-state index >= 15 is 0 Å². The molecule has 136 valence electrons. The number of hydrogen-bond donors (Lipinski definition) is 0. The second-order valence-corrected chi connectivity index (χ2v) is 7.25. The van der Waals surface area contributed by atoms with E-state index in [1.165, 1.54) is 11.1 Å². The molecule has 0 radical (unpaired) electrons. The lowest BCUT2D eigenvalue weighted by Gasteiger charge is -2.07. The summed E-state index contributed by atoms with van der Waals surface area (Å²) in [4.78, 5) is 0. The molecule has 0 amide bonds. The van der Waals surface area contributed by atoms with E-state index in [2.05, 4.69) is 52.9 Å². The van der Waals surface area contributed by atoms with Crippen LogP contribution in [-0.2, 0) is 12.8 Å². The van der Waals surface area contributed by atoms with Gasteiger partial charge in [0.25, 0.3) is 0 Å². The predicted molar refractivity (Wildman–Crippen MR) is 108 cm³/mol. The maximum atomic E-state index is 5.72. The van der Waals surface area contributed by atoms with E-state index in [9.17, 15) is 0 Å². The van der Waals surface area contributed by atoms with E-state index in [1.807, 2.05) is 31.3 Å². The van der Waals surface area contributed by atoms with E-state index < -0.39 is 0 Å². The highest BCUT2D eigenvalue weighted by molar-refractivity contribution is 7.98. The first kappa shape index (κ1) is 18.5. The summed E-state index contributed by atoms with van der Waals surface area (Å²) < 4.78 is 7.78. The first-order valence-corrected chi connectivity index (χ1v) is 9.97. The number of hydrogen-bond acceptors (Lipinski definition) is 4. The van der Waals surface area contributed by atoms with E-state index in [0.29, 0.717) is 0 Å². The topological polar surface area (TPSA) is 39.9 Å². The van der Waals surface area contributed by atoms with Crippen LogP contribution in [0.1, 0.15) is 30.9 Å². The van der Waals surface area contributed by atoms with E-state index in [4.69, 9.17) is 4.74 Å². The van der Waals surface area contributed by atoms with E-state index in [1.54, 1.807) is 11.8 Å². The molecular formula is C21H25N3OS. The number of thioether (sulfide) groups is 1. The molecule has 5 heteroatoms. The minimum atomic E-state index is 0.763. The molecule has 0 unspecified atom stereocenters. The lowest BCUT2D eigenvalue weighted by molar-refractivity contribution is 0.309. The monoisotopic (exact) mass is 367 g/mol. The van der Waals surface area contributed by atoms with Crippen molar-refractivity contribution in [1.29, 1.82) is 0 Å². The Hall–Kier alpha value is -2.27. The lowest BCUT2D eigenvalue weighted by atomic mass is 10.1. The van der Waals surface area contributed by atoms with Crippen molar-refractivity contribution in [2.45, 2.75) is 37.6 Å². The minimum absolute atomic E-state index is 0.763. The summed E-state index contributed by atoms with van der Waals surface area (Å²) in [6, 6.07) is 16.5. The molecule has 0 saturated heterocycles. The molecule has 2 aromatic carbocycles. The van der Waals surface area contributed by atoms with Gasteiger partial charge in [-0.05, 0) is 48.7 Å². The van der Waals surface area contributed by atoms with Gasteiger partial charge in [-0.3, -0.25) is 0 Å². The second kappa shape index (κ2) is 8.90. The Labute approximate surface area is 159 Å². The first-order chi connectivity index (χ1) is 12.7. The van der Waals surface area contributed by atoms with Gasteiger partial charge < -0.3 is 9.30 Å². The standard InChI is InChI=1S/C21H25N3OS/c1-4-5-14-25-19-12-10-17(11-13-19)20-22-23-21(24(20)3)26-15-18-9-7-6-8-16(18)2/h6-13H,4-5,14-15H2,1-3H3. The lowest BCUT2D eigenvalue weighted by Crippen LogP contribution is -1.97. The predicted octanol–water partition coefficient (Wildman–Crippen LogP) is 5.26. The Bertz CT molecular complexity index is 843. The zero-order chi connectivity index (χ0) is 18.4. The van der Waals surface area contributed by atoms with Crippen molar-refractivity contribution in [3.05, 3.63) is 59.7 Å². The molecule has 0 aliphatic heterocycles. The Kier molecular flexibility index (Phi) is 6.34. The normalized spacial score (nSPS) is 10.9. The van der Waals surface area contributed by atoms with Gasteiger partial charge in [0.15, 0.2) is 11.0 Å². The van der Waals surface area contributed by atoms with Gasteiger partial charge in [0, 0.05) is 18.4 Å². The van der Waals surface area contributed by atoms with Crippen LogP contribution in [0.2, 0.25) is 0 Å². The summed E-state index contributed by atoms with van der Waals surface area (Å²) >= 11 is 1.71. The van der Waals surface area contributed by atoms with Crippen LogP contribution in [0.5, 0.6) is 5.75 Å². The molecule has 4 nitrogen and oxygen atoms in total. The molecule has 0 atom stereocenters. The van der Waals surface area contributed by atoms with Gasteiger partial charge in [0.2, 0.25) is 0 Å². The Morgan fingerprint density at radius 3 is 2.54 bits per heavy atom. The van der Waals surface area contributed by atoms with Crippen LogP contribution < -0.4 is 4.74 Å². The number of ether oxygens (including phenoxy) is 1. The first-order valence-electron chi connectivity index (χ1n) is 8.99. The van der Waals surface area contributed by atoms with Crippen LogP contribution in [0.3, 0.4) is 0 Å². The van der Waals surface area contributed by atoms with Crippen molar-refractivity contribution in [3.8, 4) is 17.1 Å². The van der Waals surface area contributed by atoms with Crippen molar-refractivity contribution in [3.63, 3.8) is 0 Å². The zero-order valence-corrected chi connectivity index (χ0v) is 16.4. The molecule has 3 rings (SSSR count). The fourth-order valence-electron chi connectivity index (χ4n) is 2.64. The molecule has 26 heavy (non-hydrogen) atoms. The van der Waals surface area contributed by atoms with Crippen molar-refractivity contribution < 1.29 is 4.74 Å². The van der Waals surface area contributed by atoms with Crippen molar-refractivity contribution in [2.75, 3.05) is 6.61 Å². The van der Waals surface area contributed by atoms with Crippen LogP contribution in [0, 0.1) is 6.92 Å². The Morgan fingerprint density at radius 1 is 1.04 bits per heavy atom. The maximum absolute atomic E-state index is 5.72.